The third kappa shape index (κ3) is 4.87. The number of nitrogens with zero attached hydrogens (tertiary/aromatic N) is 1. The highest BCUT2D eigenvalue weighted by atomic mass is 32.2. The molecule has 6 nitrogen and oxygen atoms in total. The van der Waals surface area contributed by atoms with E-state index in [1.54, 1.807) is 12.1 Å². The van der Waals surface area contributed by atoms with Crippen LogP contribution in [0.15, 0.2) is 42.5 Å². The molecule has 1 amide bonds. The average Bonchev–Trinajstić information content (AvgIpc) is 2.73. The first-order valence-corrected chi connectivity index (χ1v) is 12.6. The van der Waals surface area contributed by atoms with Crippen LogP contribution in [0.4, 0.5) is 5.69 Å². The molecule has 0 aromatic heterocycles. The fraction of sp³-hybridized carbons (Fsp3) is 0.458. The van der Waals surface area contributed by atoms with E-state index in [9.17, 15) is 13.2 Å². The number of para-hydroxylation sites is 1. The van der Waals surface area contributed by atoms with Crippen LogP contribution in [0.1, 0.15) is 55.8 Å². The van der Waals surface area contributed by atoms with Crippen LogP contribution < -0.4 is 14.4 Å². The summed E-state index contributed by atoms with van der Waals surface area (Å²) in [6, 6.07) is 12.9. The van der Waals surface area contributed by atoms with Gasteiger partial charge in [0.05, 0.1) is 18.0 Å². The number of rotatable bonds is 7. The molecular formula is C24H32N2O4S. The van der Waals surface area contributed by atoms with Gasteiger partial charge in [-0.25, -0.2) is 8.42 Å². The Labute approximate surface area is 185 Å². The highest BCUT2D eigenvalue weighted by Crippen LogP contribution is 2.42. The van der Waals surface area contributed by atoms with Gasteiger partial charge in [-0.2, -0.15) is 0 Å². The lowest BCUT2D eigenvalue weighted by atomic mass is 9.83. The first-order chi connectivity index (χ1) is 14.6. The third-order valence-electron chi connectivity index (χ3n) is 6.35. The summed E-state index contributed by atoms with van der Waals surface area (Å²) in [5.74, 6) is 0.436. The third-order valence-corrected chi connectivity index (χ3v) is 7.48. The molecule has 1 N–H and O–H groups in total. The summed E-state index contributed by atoms with van der Waals surface area (Å²) in [5.41, 5.74) is 2.91. The molecule has 0 spiro atoms. The Morgan fingerprint density at radius 2 is 1.81 bits per heavy atom. The fourth-order valence-corrected chi connectivity index (χ4v) is 5.09. The van der Waals surface area contributed by atoms with Gasteiger partial charge in [0, 0.05) is 12.0 Å². The Hall–Kier alpha value is -2.54. The molecule has 0 saturated carbocycles. The second-order valence-corrected chi connectivity index (χ2v) is 10.2. The molecule has 0 radical (unpaired) electrons. The predicted molar refractivity (Wildman–Crippen MR) is 124 cm³/mol. The number of hydrogen-bond donors (Lipinski definition) is 1. The normalized spacial score (nSPS) is 17.4. The monoisotopic (exact) mass is 444 g/mol. The van der Waals surface area contributed by atoms with Gasteiger partial charge in [-0.15, -0.1) is 0 Å². The first-order valence-electron chi connectivity index (χ1n) is 10.7. The van der Waals surface area contributed by atoms with E-state index in [2.05, 4.69) is 19.2 Å². The van der Waals surface area contributed by atoms with Crippen molar-refractivity contribution in [2.75, 3.05) is 17.1 Å². The predicted octanol–water partition coefficient (Wildman–Crippen LogP) is 4.27. The molecular weight excluding hydrogens is 412 g/mol. The summed E-state index contributed by atoms with van der Waals surface area (Å²) in [5, 5.41) is 3.08. The van der Waals surface area contributed by atoms with Gasteiger partial charge in [0.2, 0.25) is 15.9 Å². The van der Waals surface area contributed by atoms with Crippen molar-refractivity contribution in [1.29, 1.82) is 0 Å². The molecule has 31 heavy (non-hydrogen) atoms. The van der Waals surface area contributed by atoms with Crippen molar-refractivity contribution in [3.05, 3.63) is 59.2 Å². The van der Waals surface area contributed by atoms with Crippen LogP contribution >= 0.6 is 0 Å². The van der Waals surface area contributed by atoms with Gasteiger partial charge >= 0.3 is 0 Å². The zero-order valence-electron chi connectivity index (χ0n) is 18.9. The molecule has 0 bridgehead atoms. The summed E-state index contributed by atoms with van der Waals surface area (Å²) in [6.45, 7) is 7.69. The van der Waals surface area contributed by atoms with E-state index in [1.165, 1.54) is 4.31 Å². The molecule has 0 fully saturated rings. The number of aryl methyl sites for hydroxylation is 1. The van der Waals surface area contributed by atoms with Crippen molar-refractivity contribution in [3.8, 4) is 5.75 Å². The van der Waals surface area contributed by atoms with Gasteiger partial charge in [0.25, 0.3) is 0 Å². The molecule has 1 aliphatic rings. The molecule has 1 aliphatic heterocycles. The zero-order chi connectivity index (χ0) is 22.8. The van der Waals surface area contributed by atoms with E-state index in [-0.39, 0.29) is 24.1 Å². The van der Waals surface area contributed by atoms with E-state index in [1.807, 2.05) is 44.2 Å². The second kappa shape index (κ2) is 8.91. The number of fused-ring (bicyclic) bond motifs is 1. The van der Waals surface area contributed by atoms with Crippen molar-refractivity contribution < 1.29 is 17.9 Å². The van der Waals surface area contributed by atoms with Crippen LogP contribution in [0, 0.1) is 13.8 Å². The average molecular weight is 445 g/mol. The maximum absolute atomic E-state index is 13.1. The molecule has 1 heterocycles. The van der Waals surface area contributed by atoms with Gasteiger partial charge in [-0.1, -0.05) is 44.2 Å². The molecule has 2 aromatic carbocycles. The Balaban J connectivity index is 1.88. The Kier molecular flexibility index (Phi) is 6.65. The summed E-state index contributed by atoms with van der Waals surface area (Å²) in [4.78, 5) is 13.1. The lowest BCUT2D eigenvalue weighted by Gasteiger charge is -2.41. The highest BCUT2D eigenvalue weighted by Gasteiger charge is 2.39. The van der Waals surface area contributed by atoms with Crippen LogP contribution in [0.2, 0.25) is 0 Å². The number of benzene rings is 2. The molecule has 2 aromatic rings. The van der Waals surface area contributed by atoms with E-state index < -0.39 is 10.0 Å². The van der Waals surface area contributed by atoms with Crippen molar-refractivity contribution in [3.63, 3.8) is 0 Å². The largest absolute Gasteiger partial charge is 0.487 e. The molecule has 3 rings (SSSR count). The summed E-state index contributed by atoms with van der Waals surface area (Å²) in [7, 11) is -3.64. The molecule has 0 unspecified atom stereocenters. The maximum atomic E-state index is 13.1. The topological polar surface area (TPSA) is 75.7 Å². The summed E-state index contributed by atoms with van der Waals surface area (Å²) < 4.78 is 32.6. The second-order valence-electron chi connectivity index (χ2n) is 8.34. The number of amides is 1. The van der Waals surface area contributed by atoms with Crippen molar-refractivity contribution >= 4 is 21.6 Å². The summed E-state index contributed by atoms with van der Waals surface area (Å²) >= 11 is 0. The maximum Gasteiger partial charge on any atom is 0.241 e. The minimum Gasteiger partial charge on any atom is -0.487 e. The number of carbonyl (C=O) groups excluding carboxylic acids is 1. The fourth-order valence-electron chi connectivity index (χ4n) is 4.19. The quantitative estimate of drug-likeness (QED) is 0.692. The number of sulfonamides is 1. The van der Waals surface area contributed by atoms with Crippen LogP contribution in [0.5, 0.6) is 5.75 Å². The van der Waals surface area contributed by atoms with E-state index >= 15 is 0 Å². The van der Waals surface area contributed by atoms with Crippen LogP contribution in [-0.2, 0) is 14.8 Å². The standard InChI is InChI=1S/C24H32N2O4S/c1-6-24(7-2)15-20(19-12-8-9-14-22(19)30-24)25-23(27)16-26(31(5,28)29)21-13-10-11-17(3)18(21)4/h8-14,20H,6-7,15-16H2,1-5H3,(H,25,27)/t20-/m0/s1. The Bertz CT molecular complexity index is 1060. The number of carbonyl (C=O) groups is 1. The van der Waals surface area contributed by atoms with Gasteiger partial charge in [0.15, 0.2) is 0 Å². The molecule has 0 aliphatic carbocycles. The molecule has 1 atom stereocenters. The van der Waals surface area contributed by atoms with Gasteiger partial charge in [-0.05, 0) is 49.9 Å². The SMILES string of the molecule is CCC1(CC)C[C@H](NC(=O)CN(c2cccc(C)c2C)S(C)(=O)=O)c2ccccc2O1. The van der Waals surface area contributed by atoms with Gasteiger partial charge < -0.3 is 10.1 Å². The van der Waals surface area contributed by atoms with Crippen molar-refractivity contribution in [2.24, 2.45) is 0 Å². The van der Waals surface area contributed by atoms with Crippen LogP contribution in [0.3, 0.4) is 0 Å². The molecule has 0 saturated heterocycles. The number of hydrogen-bond acceptors (Lipinski definition) is 4. The van der Waals surface area contributed by atoms with Crippen molar-refractivity contribution in [1.82, 2.24) is 5.32 Å². The van der Waals surface area contributed by atoms with E-state index in [4.69, 9.17) is 4.74 Å². The van der Waals surface area contributed by atoms with Gasteiger partial charge in [0.1, 0.15) is 17.9 Å². The highest BCUT2D eigenvalue weighted by molar-refractivity contribution is 7.92. The summed E-state index contributed by atoms with van der Waals surface area (Å²) in [6.07, 6.45) is 3.42. The van der Waals surface area contributed by atoms with E-state index in [0.717, 1.165) is 41.5 Å². The van der Waals surface area contributed by atoms with Crippen LogP contribution in [0.25, 0.3) is 0 Å². The van der Waals surface area contributed by atoms with Gasteiger partial charge in [-0.3, -0.25) is 9.10 Å². The number of anilines is 1. The molecule has 168 valence electrons. The first kappa shape index (κ1) is 23.1. The minimum atomic E-state index is -3.64. The lowest BCUT2D eigenvalue weighted by Crippen LogP contribution is -2.47. The lowest BCUT2D eigenvalue weighted by molar-refractivity contribution is -0.121. The zero-order valence-corrected chi connectivity index (χ0v) is 19.8. The molecule has 7 heteroatoms. The Morgan fingerprint density at radius 3 is 2.45 bits per heavy atom. The van der Waals surface area contributed by atoms with Crippen molar-refractivity contribution in [2.45, 2.75) is 58.6 Å². The number of nitrogens with one attached hydrogen (secondary N) is 1. The van der Waals surface area contributed by atoms with Crippen LogP contribution in [-0.4, -0.2) is 32.7 Å². The van der Waals surface area contributed by atoms with E-state index in [0.29, 0.717) is 12.1 Å². The minimum absolute atomic E-state index is 0.239. The smallest absolute Gasteiger partial charge is 0.241 e. The number of ether oxygens (including phenoxy) is 1. The Morgan fingerprint density at radius 1 is 1.13 bits per heavy atom.